The second-order valence-electron chi connectivity index (χ2n) is 5.82. The lowest BCUT2D eigenvalue weighted by Gasteiger charge is -2.08. The normalized spacial score (nSPS) is 11.3. The number of thiophene rings is 1. The molecule has 0 fully saturated rings. The number of nitrogens with one attached hydrogen (secondary N) is 1. The van der Waals surface area contributed by atoms with E-state index in [1.165, 1.54) is 29.5 Å². The maximum absolute atomic E-state index is 12.1. The quantitative estimate of drug-likeness (QED) is 0.388. The lowest BCUT2D eigenvalue weighted by molar-refractivity contribution is 0.0948. The number of hydrogen-bond acceptors (Lipinski definition) is 5. The molecule has 2 aromatic carbocycles. The lowest BCUT2D eigenvalue weighted by atomic mass is 10.1. The van der Waals surface area contributed by atoms with E-state index in [-0.39, 0.29) is 17.1 Å². The van der Waals surface area contributed by atoms with Crippen molar-refractivity contribution in [3.05, 3.63) is 76.0 Å². The molecule has 7 heteroatoms. The van der Waals surface area contributed by atoms with Crippen molar-refractivity contribution in [2.75, 3.05) is 6.54 Å². The van der Waals surface area contributed by atoms with Gasteiger partial charge in [-0.25, -0.2) is 4.99 Å². The molecule has 0 unspecified atom stereocenters. The molecule has 0 radical (unpaired) electrons. The number of amidine groups is 1. The Morgan fingerprint density at radius 3 is 2.37 bits per heavy atom. The van der Waals surface area contributed by atoms with Crippen LogP contribution < -0.4 is 11.1 Å². The van der Waals surface area contributed by atoms with E-state index in [1.54, 1.807) is 0 Å². The Kier molecular flexibility index (Phi) is 5.73. The summed E-state index contributed by atoms with van der Waals surface area (Å²) in [6.45, 7) is 0.368. The Balaban J connectivity index is 1.56. The van der Waals surface area contributed by atoms with Crippen molar-refractivity contribution >= 4 is 28.8 Å². The Bertz CT molecular complexity index is 931. The molecule has 27 heavy (non-hydrogen) atoms. The number of amides is 1. The van der Waals surface area contributed by atoms with Gasteiger partial charge in [0.25, 0.3) is 5.91 Å². The van der Waals surface area contributed by atoms with Gasteiger partial charge in [0.1, 0.15) is 22.9 Å². The van der Waals surface area contributed by atoms with Crippen molar-refractivity contribution in [1.29, 1.82) is 0 Å². The first kappa shape index (κ1) is 18.5. The highest BCUT2D eigenvalue weighted by molar-refractivity contribution is 7.12. The highest BCUT2D eigenvalue weighted by Gasteiger charge is 2.15. The molecule has 5 N–H and O–H groups in total. The average Bonchev–Trinajstić information content (AvgIpc) is 3.18. The van der Waals surface area contributed by atoms with Crippen molar-refractivity contribution in [2.24, 2.45) is 10.7 Å². The van der Waals surface area contributed by atoms with E-state index in [2.05, 4.69) is 10.3 Å². The lowest BCUT2D eigenvalue weighted by Crippen LogP contribution is -2.25. The molecular weight excluding hydrogens is 362 g/mol. The number of phenolic OH excluding ortho intramolecular Hbond substituents is 2. The predicted molar refractivity (Wildman–Crippen MR) is 107 cm³/mol. The molecule has 0 saturated carbocycles. The van der Waals surface area contributed by atoms with Gasteiger partial charge < -0.3 is 21.3 Å². The summed E-state index contributed by atoms with van der Waals surface area (Å²) >= 11 is 1.54. The molecule has 0 aliphatic carbocycles. The molecular formula is C20H19N3O3S. The van der Waals surface area contributed by atoms with Crippen molar-refractivity contribution in [3.8, 4) is 11.5 Å². The Hall–Kier alpha value is -3.32. The van der Waals surface area contributed by atoms with Crippen LogP contribution in [0.1, 0.15) is 20.8 Å². The third-order valence-electron chi connectivity index (χ3n) is 3.91. The van der Waals surface area contributed by atoms with Gasteiger partial charge in [-0.15, -0.1) is 11.3 Å². The number of benzene rings is 2. The molecule has 0 aliphatic rings. The molecule has 0 bridgehead atoms. The number of rotatable bonds is 6. The van der Waals surface area contributed by atoms with Crippen LogP contribution in [0.4, 0.5) is 5.69 Å². The van der Waals surface area contributed by atoms with Crippen LogP contribution in [0.25, 0.3) is 0 Å². The number of nitrogens with two attached hydrogens (primary N) is 1. The summed E-state index contributed by atoms with van der Waals surface area (Å²) < 4.78 is 0. The summed E-state index contributed by atoms with van der Waals surface area (Å²) in [5.74, 6) is -0.542. The number of aromatic hydroxyl groups is 2. The minimum Gasteiger partial charge on any atom is -0.507 e. The second-order valence-corrected chi connectivity index (χ2v) is 6.77. The fourth-order valence-corrected chi connectivity index (χ4v) is 3.15. The number of carbonyl (C=O) groups excluding carboxylic acids is 1. The first-order valence-electron chi connectivity index (χ1n) is 8.30. The number of hydrogen-bond donors (Lipinski definition) is 4. The van der Waals surface area contributed by atoms with E-state index in [0.29, 0.717) is 18.8 Å². The summed E-state index contributed by atoms with van der Waals surface area (Å²) in [6.07, 6.45) is 0.602. The van der Waals surface area contributed by atoms with E-state index in [4.69, 9.17) is 5.73 Å². The third kappa shape index (κ3) is 4.65. The van der Waals surface area contributed by atoms with Gasteiger partial charge in [0.15, 0.2) is 0 Å². The zero-order chi connectivity index (χ0) is 19.2. The largest absolute Gasteiger partial charge is 0.507 e. The van der Waals surface area contributed by atoms with Gasteiger partial charge in [0.2, 0.25) is 0 Å². The van der Waals surface area contributed by atoms with E-state index < -0.39 is 5.91 Å². The number of carbonyl (C=O) groups is 1. The van der Waals surface area contributed by atoms with E-state index in [1.807, 2.05) is 41.8 Å². The molecule has 1 heterocycles. The zero-order valence-electron chi connectivity index (χ0n) is 14.4. The van der Waals surface area contributed by atoms with Crippen LogP contribution >= 0.6 is 11.3 Å². The monoisotopic (exact) mass is 381 g/mol. The predicted octanol–water partition coefficient (Wildman–Crippen LogP) is 3.17. The molecule has 3 aromatic rings. The Morgan fingerprint density at radius 1 is 1.04 bits per heavy atom. The maximum atomic E-state index is 12.1. The van der Waals surface area contributed by atoms with Crippen LogP contribution in [0.2, 0.25) is 0 Å². The highest BCUT2D eigenvalue weighted by Crippen LogP contribution is 2.25. The van der Waals surface area contributed by atoms with E-state index in [9.17, 15) is 15.0 Å². The maximum Gasteiger partial charge on any atom is 0.258 e. The summed E-state index contributed by atoms with van der Waals surface area (Å²) in [7, 11) is 0. The van der Waals surface area contributed by atoms with Gasteiger partial charge in [-0.1, -0.05) is 24.3 Å². The van der Waals surface area contributed by atoms with Crippen LogP contribution in [-0.4, -0.2) is 28.5 Å². The molecule has 0 saturated heterocycles. The third-order valence-corrected chi connectivity index (χ3v) is 4.80. The van der Waals surface area contributed by atoms with Crippen LogP contribution in [0.3, 0.4) is 0 Å². The smallest absolute Gasteiger partial charge is 0.258 e. The topological polar surface area (TPSA) is 108 Å². The van der Waals surface area contributed by atoms with Crippen LogP contribution in [0, 0.1) is 0 Å². The summed E-state index contributed by atoms with van der Waals surface area (Å²) in [5.41, 5.74) is 7.63. The minimum absolute atomic E-state index is 0.119. The molecule has 138 valence electrons. The molecule has 6 nitrogen and oxygen atoms in total. The fourth-order valence-electron chi connectivity index (χ4n) is 2.53. The second kappa shape index (κ2) is 8.37. The molecule has 0 aliphatic heterocycles. The SMILES string of the molecule is NC(=Nc1ccc(CCNC(=O)c2c(O)cccc2O)cc1)c1cccs1. The molecule has 0 spiro atoms. The first-order valence-corrected chi connectivity index (χ1v) is 9.18. The van der Waals surface area contributed by atoms with Crippen molar-refractivity contribution in [3.63, 3.8) is 0 Å². The highest BCUT2D eigenvalue weighted by atomic mass is 32.1. The van der Waals surface area contributed by atoms with E-state index in [0.717, 1.165) is 16.1 Å². The van der Waals surface area contributed by atoms with Crippen LogP contribution in [0.5, 0.6) is 11.5 Å². The minimum atomic E-state index is -0.518. The number of aliphatic imine (C=N–C) groups is 1. The standard InChI is InChI=1S/C20H19N3O3S/c21-19(17-5-2-12-27-17)23-14-8-6-13(7-9-14)10-11-22-20(26)18-15(24)3-1-4-16(18)25/h1-9,12,24-25H,10-11H2,(H2,21,23)(H,22,26). The van der Waals surface area contributed by atoms with Crippen LogP contribution in [0.15, 0.2) is 65.0 Å². The van der Waals surface area contributed by atoms with Gasteiger partial charge in [-0.2, -0.15) is 0 Å². The van der Waals surface area contributed by atoms with Crippen molar-refractivity contribution in [2.45, 2.75) is 6.42 Å². The zero-order valence-corrected chi connectivity index (χ0v) is 15.2. The van der Waals surface area contributed by atoms with Crippen molar-refractivity contribution in [1.82, 2.24) is 5.32 Å². The van der Waals surface area contributed by atoms with Gasteiger partial charge in [0, 0.05) is 6.54 Å². The van der Waals surface area contributed by atoms with Gasteiger partial charge >= 0.3 is 0 Å². The summed E-state index contributed by atoms with van der Waals surface area (Å²) in [5, 5.41) is 24.1. The van der Waals surface area contributed by atoms with Gasteiger partial charge in [0.05, 0.1) is 10.6 Å². The number of phenols is 2. The summed E-state index contributed by atoms with van der Waals surface area (Å²) in [4.78, 5) is 17.4. The molecule has 3 rings (SSSR count). The van der Waals surface area contributed by atoms with Gasteiger partial charge in [-0.3, -0.25) is 4.79 Å². The Labute approximate surface area is 160 Å². The molecule has 1 aromatic heterocycles. The average molecular weight is 381 g/mol. The van der Waals surface area contributed by atoms with Crippen LogP contribution in [-0.2, 0) is 6.42 Å². The van der Waals surface area contributed by atoms with Gasteiger partial charge in [-0.05, 0) is 47.7 Å². The van der Waals surface area contributed by atoms with E-state index >= 15 is 0 Å². The Morgan fingerprint density at radius 2 is 1.74 bits per heavy atom. The summed E-state index contributed by atoms with van der Waals surface area (Å²) in [6, 6.07) is 15.6. The fraction of sp³-hybridized carbons (Fsp3) is 0.100. The number of nitrogens with zero attached hydrogens (tertiary/aromatic N) is 1. The molecule has 1 amide bonds. The first-order chi connectivity index (χ1) is 13.0. The van der Waals surface area contributed by atoms with Crippen molar-refractivity contribution < 1.29 is 15.0 Å². The molecule has 0 atom stereocenters.